The first-order valence-corrected chi connectivity index (χ1v) is 14.4. The first kappa shape index (κ1) is 29.9. The summed E-state index contributed by atoms with van der Waals surface area (Å²) in [6.45, 7) is 10.5. The van der Waals surface area contributed by atoms with Gasteiger partial charge in [0.1, 0.15) is 5.75 Å². The van der Waals surface area contributed by atoms with Gasteiger partial charge in [-0.25, -0.2) is 14.8 Å². The molecule has 1 aromatic heterocycles. The Morgan fingerprint density at radius 1 is 1.09 bits per heavy atom. The van der Waals surface area contributed by atoms with Crippen molar-refractivity contribution in [1.82, 2.24) is 9.97 Å². The normalized spacial score (nSPS) is 15.0. The van der Waals surface area contributed by atoms with Gasteiger partial charge in [-0.05, 0) is 97.5 Å². The van der Waals surface area contributed by atoms with E-state index in [1.54, 1.807) is 25.7 Å². The minimum atomic E-state index is -1.17. The molecule has 0 saturated carbocycles. The summed E-state index contributed by atoms with van der Waals surface area (Å²) in [6, 6.07) is 14.5. The van der Waals surface area contributed by atoms with Crippen molar-refractivity contribution < 1.29 is 24.1 Å². The number of nitrogens with zero attached hydrogens (tertiary/aromatic N) is 3. The fourth-order valence-corrected chi connectivity index (χ4v) is 5.45. The van der Waals surface area contributed by atoms with E-state index in [1.807, 2.05) is 71.0 Å². The molecule has 8 nitrogen and oxygen atoms in total. The zero-order chi connectivity index (χ0) is 30.7. The molecule has 1 aliphatic rings. The van der Waals surface area contributed by atoms with Crippen molar-refractivity contribution in [2.75, 3.05) is 20.3 Å². The van der Waals surface area contributed by atoms with Gasteiger partial charge in [-0.2, -0.15) is 0 Å². The maximum Gasteiger partial charge on any atom is 0.337 e. The molecular weight excluding hydrogens is 542 g/mol. The van der Waals surface area contributed by atoms with E-state index < -0.39 is 17.7 Å². The molecule has 0 aliphatic carbocycles. The van der Waals surface area contributed by atoms with Crippen molar-refractivity contribution in [2.24, 2.45) is 4.99 Å². The molecule has 2 heterocycles. The second kappa shape index (κ2) is 12.4. The zero-order valence-electron chi connectivity index (χ0n) is 25.5. The van der Waals surface area contributed by atoms with E-state index in [9.17, 15) is 9.90 Å². The summed E-state index contributed by atoms with van der Waals surface area (Å²) >= 11 is 0. The van der Waals surface area contributed by atoms with Gasteiger partial charge in [-0.3, -0.25) is 4.99 Å². The van der Waals surface area contributed by atoms with E-state index in [1.165, 1.54) is 0 Å². The second-order valence-electron chi connectivity index (χ2n) is 11.5. The summed E-state index contributed by atoms with van der Waals surface area (Å²) in [5, 5.41) is 12.3. The smallest absolute Gasteiger partial charge is 0.337 e. The van der Waals surface area contributed by atoms with Crippen LogP contribution < -0.4 is 9.47 Å². The van der Waals surface area contributed by atoms with Gasteiger partial charge in [0.2, 0.25) is 0 Å². The van der Waals surface area contributed by atoms with Crippen LogP contribution in [-0.2, 0) is 9.53 Å². The van der Waals surface area contributed by atoms with Crippen molar-refractivity contribution in [3.8, 4) is 34.0 Å². The first-order valence-electron chi connectivity index (χ1n) is 14.4. The molecule has 0 amide bonds. The Morgan fingerprint density at radius 3 is 2.51 bits per heavy atom. The number of fused-ring (bicyclic) bond motifs is 2. The predicted octanol–water partition coefficient (Wildman–Crippen LogP) is 7.48. The molecule has 1 atom stereocenters. The third-order valence-electron chi connectivity index (χ3n) is 7.25. The molecule has 0 radical (unpaired) electrons. The highest BCUT2D eigenvalue weighted by Gasteiger charge is 2.32. The molecule has 3 aromatic carbocycles. The van der Waals surface area contributed by atoms with Gasteiger partial charge in [0.25, 0.3) is 0 Å². The Balaban J connectivity index is 1.75. The van der Waals surface area contributed by atoms with Gasteiger partial charge in [-0.1, -0.05) is 24.3 Å². The average molecular weight is 580 g/mol. The van der Waals surface area contributed by atoms with Crippen LogP contribution in [0.4, 0.5) is 0 Å². The summed E-state index contributed by atoms with van der Waals surface area (Å²) in [5.74, 6) is -0.245. The summed E-state index contributed by atoms with van der Waals surface area (Å²) in [4.78, 5) is 25.6. The number of hydrogen-bond donors (Lipinski definition) is 1. The number of carboxylic acid groups (broad SMARTS) is 1. The Kier molecular flexibility index (Phi) is 8.59. The van der Waals surface area contributed by atoms with Crippen molar-refractivity contribution >= 4 is 28.5 Å². The molecule has 0 unspecified atom stereocenters. The molecule has 1 N–H and O–H groups in total. The SMILES string of the molecule is CCOc1ncc(-c2ccc3c(-c4ccc5c(c4)/C(=C\C=NC)CCO5)c([C@H](OC(C)(C)C)C(=O)O)c(C)cc3c2)cn1. The highest BCUT2D eigenvalue weighted by molar-refractivity contribution is 6.03. The van der Waals surface area contributed by atoms with Crippen LogP contribution >= 0.6 is 0 Å². The summed E-state index contributed by atoms with van der Waals surface area (Å²) in [5.41, 5.74) is 6.35. The molecule has 5 rings (SSSR count). The predicted molar refractivity (Wildman–Crippen MR) is 170 cm³/mol. The second-order valence-corrected chi connectivity index (χ2v) is 11.5. The molecule has 222 valence electrons. The first-order chi connectivity index (χ1) is 20.6. The van der Waals surface area contributed by atoms with Crippen LogP contribution in [0.2, 0.25) is 0 Å². The van der Waals surface area contributed by atoms with Crippen LogP contribution in [0.5, 0.6) is 11.8 Å². The van der Waals surface area contributed by atoms with Gasteiger partial charge >= 0.3 is 12.0 Å². The lowest BCUT2D eigenvalue weighted by Gasteiger charge is -2.29. The van der Waals surface area contributed by atoms with Crippen molar-refractivity contribution in [3.63, 3.8) is 0 Å². The number of aliphatic carboxylic acids is 1. The monoisotopic (exact) mass is 579 g/mol. The summed E-state index contributed by atoms with van der Waals surface area (Å²) in [6.07, 6.45) is 6.87. The summed E-state index contributed by atoms with van der Waals surface area (Å²) in [7, 11) is 1.74. The Hall–Kier alpha value is -4.56. The molecular formula is C35H37N3O5. The number of carbonyl (C=O) groups is 1. The van der Waals surface area contributed by atoms with E-state index in [2.05, 4.69) is 27.1 Å². The fourth-order valence-electron chi connectivity index (χ4n) is 5.45. The number of allylic oxidation sites excluding steroid dienone is 1. The van der Waals surface area contributed by atoms with Crippen molar-refractivity contribution in [2.45, 2.75) is 52.7 Å². The standard InChI is InChI=1S/C35H37N3O5/c1-7-41-34-37-19-26(20-38-34)23-8-10-27-25(17-23)16-21(2)30(32(33(39)40)43-35(3,4)5)31(27)24-9-11-29-28(18-24)22(12-14-36-6)13-15-42-29/h8-12,14,16-20,32H,7,13,15H2,1-6H3,(H,39,40)/b22-12-,36-14?/t32-/m0/s1. The molecule has 43 heavy (non-hydrogen) atoms. The van der Waals surface area contributed by atoms with Crippen LogP contribution in [0.3, 0.4) is 0 Å². The number of aryl methyl sites for hydroxylation is 1. The topological polar surface area (TPSA) is 103 Å². The van der Waals surface area contributed by atoms with Crippen LogP contribution in [0.15, 0.2) is 65.9 Å². The third-order valence-corrected chi connectivity index (χ3v) is 7.25. The minimum absolute atomic E-state index is 0.336. The lowest BCUT2D eigenvalue weighted by atomic mass is 9.85. The Labute approximate surface area is 252 Å². The van der Waals surface area contributed by atoms with E-state index in [0.29, 0.717) is 24.8 Å². The van der Waals surface area contributed by atoms with Crippen molar-refractivity contribution in [1.29, 1.82) is 0 Å². The van der Waals surface area contributed by atoms with Gasteiger partial charge in [-0.15, -0.1) is 0 Å². The van der Waals surface area contributed by atoms with Crippen LogP contribution in [-0.4, -0.2) is 53.1 Å². The Morgan fingerprint density at radius 2 is 1.84 bits per heavy atom. The van der Waals surface area contributed by atoms with E-state index in [4.69, 9.17) is 14.2 Å². The van der Waals surface area contributed by atoms with Gasteiger partial charge < -0.3 is 19.3 Å². The number of benzene rings is 3. The fraction of sp³-hybridized carbons (Fsp3) is 0.314. The lowest BCUT2D eigenvalue weighted by Crippen LogP contribution is -2.28. The number of carboxylic acids is 1. The molecule has 1 aliphatic heterocycles. The maximum absolute atomic E-state index is 12.8. The van der Waals surface area contributed by atoms with Gasteiger partial charge in [0.15, 0.2) is 6.10 Å². The highest BCUT2D eigenvalue weighted by atomic mass is 16.5. The number of aliphatic imine (C=N–C) groups is 1. The zero-order valence-corrected chi connectivity index (χ0v) is 25.5. The van der Waals surface area contributed by atoms with E-state index in [-0.39, 0.29) is 0 Å². The lowest BCUT2D eigenvalue weighted by molar-refractivity contribution is -0.160. The molecule has 0 bridgehead atoms. The number of ether oxygens (including phenoxy) is 3. The molecule has 0 saturated heterocycles. The average Bonchev–Trinajstić information content (AvgIpc) is 2.98. The largest absolute Gasteiger partial charge is 0.493 e. The maximum atomic E-state index is 12.8. The van der Waals surface area contributed by atoms with Gasteiger partial charge in [0.05, 0.1) is 18.8 Å². The quantitative estimate of drug-likeness (QED) is 0.216. The molecule has 8 heteroatoms. The molecule has 0 fully saturated rings. The highest BCUT2D eigenvalue weighted by Crippen LogP contribution is 2.44. The number of hydrogen-bond acceptors (Lipinski definition) is 7. The van der Waals surface area contributed by atoms with Crippen LogP contribution in [0, 0.1) is 6.92 Å². The summed E-state index contributed by atoms with van der Waals surface area (Å²) < 4.78 is 17.6. The number of rotatable bonds is 8. The van der Waals surface area contributed by atoms with Crippen LogP contribution in [0.1, 0.15) is 56.9 Å². The Bertz CT molecular complexity index is 1720. The van der Waals surface area contributed by atoms with Crippen LogP contribution in [0.25, 0.3) is 38.6 Å². The van der Waals surface area contributed by atoms with E-state index in [0.717, 1.165) is 61.9 Å². The van der Waals surface area contributed by atoms with Gasteiger partial charge in [0, 0.05) is 48.8 Å². The molecule has 4 aromatic rings. The van der Waals surface area contributed by atoms with Crippen molar-refractivity contribution in [3.05, 3.63) is 77.6 Å². The van der Waals surface area contributed by atoms with E-state index >= 15 is 0 Å². The number of aromatic nitrogens is 2. The third kappa shape index (κ3) is 6.44. The molecule has 0 spiro atoms. The minimum Gasteiger partial charge on any atom is -0.493 e.